The summed E-state index contributed by atoms with van der Waals surface area (Å²) >= 11 is 0. The Balaban J connectivity index is 1.53. The number of carbonyl (C=O) groups excluding carboxylic acids is 2. The standard InChI is InChI=1S/C20H18F3N3O3/c1-26(19(28)16-11-24-17-5-3-2-4-15(16)17)12-18(27)25-10-13-6-8-14(9-7-13)29-20(21,22)23/h2-9,11,24H,10,12H2,1H3,(H,25,27). The fourth-order valence-electron chi connectivity index (χ4n) is 2.81. The summed E-state index contributed by atoms with van der Waals surface area (Å²) in [6.45, 7) is -0.0478. The molecule has 0 aliphatic rings. The van der Waals surface area contributed by atoms with Gasteiger partial charge in [0, 0.05) is 30.7 Å². The number of hydrogen-bond acceptors (Lipinski definition) is 3. The Morgan fingerprint density at radius 3 is 2.48 bits per heavy atom. The first-order chi connectivity index (χ1) is 13.7. The van der Waals surface area contributed by atoms with Gasteiger partial charge in [0.15, 0.2) is 0 Å². The van der Waals surface area contributed by atoms with Gasteiger partial charge in [-0.05, 0) is 23.8 Å². The zero-order chi connectivity index (χ0) is 21.0. The van der Waals surface area contributed by atoms with Gasteiger partial charge in [-0.2, -0.15) is 0 Å². The van der Waals surface area contributed by atoms with Gasteiger partial charge in [0.1, 0.15) is 5.75 Å². The maximum atomic E-state index is 12.6. The molecule has 0 fully saturated rings. The molecule has 2 amide bonds. The number of para-hydroxylation sites is 1. The second kappa shape index (κ2) is 8.26. The summed E-state index contributed by atoms with van der Waals surface area (Å²) in [6.07, 6.45) is -3.15. The molecule has 0 radical (unpaired) electrons. The van der Waals surface area contributed by atoms with Crippen LogP contribution < -0.4 is 10.1 Å². The molecule has 1 heterocycles. The minimum absolute atomic E-state index is 0.111. The molecule has 3 aromatic rings. The Morgan fingerprint density at radius 2 is 1.79 bits per heavy atom. The monoisotopic (exact) mass is 405 g/mol. The number of benzene rings is 2. The van der Waals surface area contributed by atoms with Gasteiger partial charge < -0.3 is 19.9 Å². The van der Waals surface area contributed by atoms with E-state index in [0.29, 0.717) is 11.1 Å². The van der Waals surface area contributed by atoms with Crippen LogP contribution in [-0.4, -0.2) is 41.7 Å². The number of nitrogens with zero attached hydrogens (tertiary/aromatic N) is 1. The summed E-state index contributed by atoms with van der Waals surface area (Å²) < 4.78 is 40.3. The highest BCUT2D eigenvalue weighted by Crippen LogP contribution is 2.22. The molecule has 1 aromatic heterocycles. The van der Waals surface area contributed by atoms with Gasteiger partial charge in [0.05, 0.1) is 12.1 Å². The Morgan fingerprint density at radius 1 is 1.10 bits per heavy atom. The van der Waals surface area contributed by atoms with E-state index in [1.165, 1.54) is 36.2 Å². The van der Waals surface area contributed by atoms with Crippen molar-refractivity contribution in [2.24, 2.45) is 0 Å². The van der Waals surface area contributed by atoms with Crippen LogP contribution in [0.25, 0.3) is 10.9 Å². The van der Waals surface area contributed by atoms with Gasteiger partial charge in [-0.25, -0.2) is 0 Å². The highest BCUT2D eigenvalue weighted by molar-refractivity contribution is 6.07. The lowest BCUT2D eigenvalue weighted by Crippen LogP contribution is -2.38. The Hall–Kier alpha value is -3.49. The summed E-state index contributed by atoms with van der Waals surface area (Å²) in [7, 11) is 1.52. The molecule has 2 N–H and O–H groups in total. The molecule has 9 heteroatoms. The third-order valence-electron chi connectivity index (χ3n) is 4.19. The molecule has 0 aliphatic carbocycles. The van der Waals surface area contributed by atoms with E-state index in [1.54, 1.807) is 6.20 Å². The Labute approximate surface area is 164 Å². The maximum Gasteiger partial charge on any atom is 0.573 e. The zero-order valence-corrected chi connectivity index (χ0v) is 15.4. The molecule has 3 rings (SSSR count). The lowest BCUT2D eigenvalue weighted by Gasteiger charge is -2.16. The van der Waals surface area contributed by atoms with Crippen LogP contribution in [0.3, 0.4) is 0 Å². The molecule has 152 valence electrons. The Bertz CT molecular complexity index is 1010. The average molecular weight is 405 g/mol. The number of ether oxygens (including phenoxy) is 1. The molecule has 0 atom stereocenters. The first kappa shape index (κ1) is 20.2. The molecular formula is C20H18F3N3O3. The van der Waals surface area contributed by atoms with Crippen LogP contribution in [0.15, 0.2) is 54.7 Å². The maximum absolute atomic E-state index is 12.6. The lowest BCUT2D eigenvalue weighted by atomic mass is 10.1. The van der Waals surface area contributed by atoms with Crippen molar-refractivity contribution in [1.29, 1.82) is 0 Å². The fourth-order valence-corrected chi connectivity index (χ4v) is 2.81. The lowest BCUT2D eigenvalue weighted by molar-refractivity contribution is -0.274. The number of carbonyl (C=O) groups is 2. The number of H-pyrrole nitrogens is 1. The average Bonchev–Trinajstić information content (AvgIpc) is 3.09. The molecule has 0 spiro atoms. The fraction of sp³-hybridized carbons (Fsp3) is 0.200. The van der Waals surface area contributed by atoms with Crippen LogP contribution >= 0.6 is 0 Å². The highest BCUT2D eigenvalue weighted by Gasteiger charge is 2.30. The molecule has 0 saturated heterocycles. The summed E-state index contributed by atoms with van der Waals surface area (Å²) in [4.78, 5) is 29.0. The predicted octanol–water partition coefficient (Wildman–Crippen LogP) is 3.45. The van der Waals surface area contributed by atoms with Crippen molar-refractivity contribution in [2.75, 3.05) is 13.6 Å². The highest BCUT2D eigenvalue weighted by atomic mass is 19.4. The van der Waals surface area contributed by atoms with E-state index in [4.69, 9.17) is 0 Å². The number of rotatable bonds is 6. The van der Waals surface area contributed by atoms with Gasteiger partial charge in [0.2, 0.25) is 5.91 Å². The van der Waals surface area contributed by atoms with E-state index in [2.05, 4.69) is 15.0 Å². The number of alkyl halides is 3. The number of aromatic amines is 1. The second-order valence-corrected chi connectivity index (χ2v) is 6.38. The van der Waals surface area contributed by atoms with E-state index in [-0.39, 0.29) is 24.7 Å². The Kier molecular flexibility index (Phi) is 5.76. The van der Waals surface area contributed by atoms with Gasteiger partial charge in [-0.3, -0.25) is 9.59 Å². The van der Waals surface area contributed by atoms with Crippen LogP contribution in [-0.2, 0) is 11.3 Å². The number of hydrogen-bond donors (Lipinski definition) is 2. The van der Waals surface area contributed by atoms with Gasteiger partial charge in [-0.15, -0.1) is 13.2 Å². The predicted molar refractivity (Wildman–Crippen MR) is 100 cm³/mol. The van der Waals surface area contributed by atoms with E-state index >= 15 is 0 Å². The first-order valence-electron chi connectivity index (χ1n) is 8.66. The number of halogens is 3. The number of fused-ring (bicyclic) bond motifs is 1. The van der Waals surface area contributed by atoms with Gasteiger partial charge in [0.25, 0.3) is 5.91 Å². The number of nitrogens with one attached hydrogen (secondary N) is 2. The molecule has 0 aliphatic heterocycles. The van der Waals surface area contributed by atoms with Crippen molar-refractivity contribution < 1.29 is 27.5 Å². The SMILES string of the molecule is CN(CC(=O)NCc1ccc(OC(F)(F)F)cc1)C(=O)c1c[nH]c2ccccc12. The first-order valence-corrected chi connectivity index (χ1v) is 8.66. The van der Waals surface area contributed by atoms with Crippen molar-refractivity contribution in [1.82, 2.24) is 15.2 Å². The van der Waals surface area contributed by atoms with Crippen molar-refractivity contribution >= 4 is 22.7 Å². The smallest absolute Gasteiger partial charge is 0.406 e. The molecule has 0 unspecified atom stereocenters. The van der Waals surface area contributed by atoms with Crippen molar-refractivity contribution in [2.45, 2.75) is 12.9 Å². The minimum atomic E-state index is -4.75. The molecule has 29 heavy (non-hydrogen) atoms. The normalized spacial score (nSPS) is 11.3. The van der Waals surface area contributed by atoms with Gasteiger partial charge in [-0.1, -0.05) is 30.3 Å². The van der Waals surface area contributed by atoms with Gasteiger partial charge >= 0.3 is 6.36 Å². The van der Waals surface area contributed by atoms with E-state index < -0.39 is 12.3 Å². The zero-order valence-electron chi connectivity index (χ0n) is 15.4. The van der Waals surface area contributed by atoms with Crippen molar-refractivity contribution in [3.05, 3.63) is 65.9 Å². The van der Waals surface area contributed by atoms with Crippen LogP contribution in [0, 0.1) is 0 Å². The second-order valence-electron chi connectivity index (χ2n) is 6.38. The topological polar surface area (TPSA) is 74.4 Å². The summed E-state index contributed by atoms with van der Waals surface area (Å²) in [5, 5.41) is 3.40. The number of likely N-dealkylation sites (N-methyl/N-ethyl adjacent to an activating group) is 1. The summed E-state index contributed by atoms with van der Waals surface area (Å²) in [5.74, 6) is -1.03. The van der Waals surface area contributed by atoms with Crippen molar-refractivity contribution in [3.63, 3.8) is 0 Å². The molecular weight excluding hydrogens is 387 g/mol. The van der Waals surface area contributed by atoms with Crippen LogP contribution in [0.2, 0.25) is 0 Å². The van der Waals surface area contributed by atoms with Crippen molar-refractivity contribution in [3.8, 4) is 5.75 Å². The quantitative estimate of drug-likeness (QED) is 0.660. The van der Waals surface area contributed by atoms with E-state index in [0.717, 1.165) is 10.9 Å². The van der Waals surface area contributed by atoms with E-state index in [9.17, 15) is 22.8 Å². The number of aromatic nitrogens is 1. The summed E-state index contributed by atoms with van der Waals surface area (Å²) in [6, 6.07) is 12.5. The van der Waals surface area contributed by atoms with Crippen LogP contribution in [0.5, 0.6) is 5.75 Å². The molecule has 2 aromatic carbocycles. The molecule has 6 nitrogen and oxygen atoms in total. The molecule has 0 bridgehead atoms. The third kappa shape index (κ3) is 5.28. The number of amides is 2. The third-order valence-corrected chi connectivity index (χ3v) is 4.19. The van der Waals surface area contributed by atoms with Crippen LogP contribution in [0.4, 0.5) is 13.2 Å². The minimum Gasteiger partial charge on any atom is -0.406 e. The largest absolute Gasteiger partial charge is 0.573 e. The van der Waals surface area contributed by atoms with Crippen LogP contribution in [0.1, 0.15) is 15.9 Å². The van der Waals surface area contributed by atoms with E-state index in [1.807, 2.05) is 24.3 Å². The molecule has 0 saturated carbocycles. The summed E-state index contributed by atoms with van der Waals surface area (Å²) in [5.41, 5.74) is 1.89.